The first-order valence-corrected chi connectivity index (χ1v) is 15.5. The molecule has 3 aromatic carbocycles. The Kier molecular flexibility index (Phi) is 12.6. The third-order valence-electron chi connectivity index (χ3n) is 7.24. The lowest BCUT2D eigenvalue weighted by Gasteiger charge is -2.18. The molecule has 0 radical (unpaired) electrons. The SMILES string of the molecule is COc1ccc2c(Oc3ccc(NC(=O)c4c(C)n(C[C@H](C)OC(=O)CN)n(-c5ccccc5)c4=O)cc3F)ccnc2c1.O=C(O)/C=C\C(=O)O. The first kappa shape index (κ1) is 38.0. The van der Waals surface area contributed by atoms with E-state index in [9.17, 15) is 24.0 Å². The molecule has 270 valence electrons. The number of carboxylic acid groups (broad SMARTS) is 2. The van der Waals surface area contributed by atoms with E-state index in [1.807, 2.05) is 0 Å². The lowest BCUT2D eigenvalue weighted by Crippen LogP contribution is -2.30. The van der Waals surface area contributed by atoms with E-state index in [1.165, 1.54) is 16.8 Å². The van der Waals surface area contributed by atoms with Crippen LogP contribution in [0.4, 0.5) is 10.1 Å². The number of ether oxygens (including phenoxy) is 3. The summed E-state index contributed by atoms with van der Waals surface area (Å²) in [6.45, 7) is 3.05. The van der Waals surface area contributed by atoms with Crippen LogP contribution in [-0.2, 0) is 25.7 Å². The number of nitrogens with one attached hydrogen (secondary N) is 1. The molecule has 0 fully saturated rings. The van der Waals surface area contributed by atoms with Crippen molar-refractivity contribution in [2.45, 2.75) is 26.5 Å². The molecule has 0 spiro atoms. The molecular weight excluding hydrogens is 681 g/mol. The number of para-hydroxylation sites is 1. The molecule has 0 aliphatic heterocycles. The first-order valence-electron chi connectivity index (χ1n) is 15.5. The summed E-state index contributed by atoms with van der Waals surface area (Å²) in [5, 5.41) is 18.9. The number of hydrogen-bond donors (Lipinski definition) is 4. The molecule has 2 aromatic heterocycles. The van der Waals surface area contributed by atoms with Gasteiger partial charge in [-0.25, -0.2) is 18.7 Å². The van der Waals surface area contributed by atoms with Gasteiger partial charge in [-0.3, -0.25) is 24.0 Å². The Hall–Kier alpha value is -6.81. The van der Waals surface area contributed by atoms with E-state index in [0.29, 0.717) is 45.9 Å². The van der Waals surface area contributed by atoms with Crippen LogP contribution in [0, 0.1) is 12.7 Å². The normalized spacial score (nSPS) is 11.3. The van der Waals surface area contributed by atoms with Gasteiger partial charge in [-0.05, 0) is 56.3 Å². The summed E-state index contributed by atoms with van der Waals surface area (Å²) in [6.07, 6.45) is 2.01. The summed E-state index contributed by atoms with van der Waals surface area (Å²) in [6, 6.07) is 19.6. The Morgan fingerprint density at radius 1 is 0.981 bits per heavy atom. The van der Waals surface area contributed by atoms with Crippen molar-refractivity contribution < 1.29 is 48.0 Å². The number of aliphatic carboxylic acids is 2. The molecule has 0 unspecified atom stereocenters. The largest absolute Gasteiger partial charge is 0.497 e. The van der Waals surface area contributed by atoms with E-state index in [0.717, 1.165) is 6.07 Å². The van der Waals surface area contributed by atoms with Crippen molar-refractivity contribution in [2.75, 3.05) is 19.0 Å². The van der Waals surface area contributed by atoms with E-state index in [2.05, 4.69) is 10.3 Å². The van der Waals surface area contributed by atoms with Gasteiger partial charge in [-0.2, -0.15) is 0 Å². The number of anilines is 1. The Balaban J connectivity index is 0.000000677. The quantitative estimate of drug-likeness (QED) is 0.105. The van der Waals surface area contributed by atoms with Crippen LogP contribution in [-0.4, -0.2) is 68.1 Å². The smallest absolute Gasteiger partial charge is 0.328 e. The van der Waals surface area contributed by atoms with E-state index in [-0.39, 0.29) is 30.1 Å². The van der Waals surface area contributed by atoms with Crippen molar-refractivity contribution in [3.8, 4) is 22.9 Å². The highest BCUT2D eigenvalue weighted by atomic mass is 19.1. The number of nitrogens with two attached hydrogens (primary N) is 1. The first-order chi connectivity index (χ1) is 24.8. The molecule has 0 aliphatic carbocycles. The molecule has 5 rings (SSSR count). The summed E-state index contributed by atoms with van der Waals surface area (Å²) >= 11 is 0. The monoisotopic (exact) mass is 715 g/mol. The van der Waals surface area contributed by atoms with Crippen molar-refractivity contribution in [1.82, 2.24) is 14.3 Å². The molecule has 5 N–H and O–H groups in total. The van der Waals surface area contributed by atoms with Gasteiger partial charge < -0.3 is 35.5 Å². The predicted molar refractivity (Wildman–Crippen MR) is 187 cm³/mol. The van der Waals surface area contributed by atoms with Gasteiger partial charge in [0.25, 0.3) is 11.5 Å². The highest BCUT2D eigenvalue weighted by molar-refractivity contribution is 6.05. The molecule has 0 saturated heterocycles. The maximum atomic E-state index is 15.2. The standard InChI is InChI=1S/C32H30FN5O6.C4H4O4/c1-19(43-29(39)17-34)18-37-20(2)30(32(41)38(37)22-7-5-4-6-8-22)31(40)36-21-9-12-28(25(33)15-21)44-27-13-14-35-26-16-23(42-3)10-11-24(26)27;5-3(6)1-2-4(7)8/h4-16,19H,17-18,34H2,1-3H3,(H,36,40);1-2H,(H,5,6)(H,7,8)/b;2-1-/t19-;/m0./s1. The number of halogens is 1. The molecule has 52 heavy (non-hydrogen) atoms. The summed E-state index contributed by atoms with van der Waals surface area (Å²) in [4.78, 5) is 62.2. The Labute approximate surface area is 295 Å². The Bertz CT molecular complexity index is 2180. The fourth-order valence-corrected chi connectivity index (χ4v) is 4.94. The fourth-order valence-electron chi connectivity index (χ4n) is 4.94. The van der Waals surface area contributed by atoms with Gasteiger partial charge in [0, 0.05) is 41.6 Å². The van der Waals surface area contributed by atoms with Crippen molar-refractivity contribution in [3.05, 3.63) is 119 Å². The van der Waals surface area contributed by atoms with E-state index in [4.69, 9.17) is 30.2 Å². The summed E-state index contributed by atoms with van der Waals surface area (Å²) in [5.41, 5.74) is 6.19. The maximum Gasteiger partial charge on any atom is 0.328 e. The second-order valence-corrected chi connectivity index (χ2v) is 10.9. The second kappa shape index (κ2) is 17.2. The minimum Gasteiger partial charge on any atom is -0.497 e. The summed E-state index contributed by atoms with van der Waals surface area (Å²) < 4.78 is 34.5. The third-order valence-corrected chi connectivity index (χ3v) is 7.24. The molecule has 0 aliphatic rings. The second-order valence-electron chi connectivity index (χ2n) is 10.9. The van der Waals surface area contributed by atoms with Crippen LogP contribution in [0.5, 0.6) is 17.2 Å². The zero-order chi connectivity index (χ0) is 37.9. The van der Waals surface area contributed by atoms with Crippen molar-refractivity contribution in [2.24, 2.45) is 5.73 Å². The van der Waals surface area contributed by atoms with Gasteiger partial charge in [0.2, 0.25) is 0 Å². The van der Waals surface area contributed by atoms with Gasteiger partial charge >= 0.3 is 17.9 Å². The molecule has 15 nitrogen and oxygen atoms in total. The number of amides is 1. The molecule has 2 heterocycles. The zero-order valence-electron chi connectivity index (χ0n) is 28.1. The van der Waals surface area contributed by atoms with Crippen LogP contribution in [0.25, 0.3) is 16.6 Å². The van der Waals surface area contributed by atoms with Gasteiger partial charge in [-0.1, -0.05) is 18.2 Å². The molecule has 1 atom stereocenters. The Morgan fingerprint density at radius 3 is 2.29 bits per heavy atom. The number of hydrogen-bond acceptors (Lipinski definition) is 10. The average Bonchev–Trinajstić information content (AvgIpc) is 3.36. The number of rotatable bonds is 12. The fraction of sp³-hybridized carbons (Fsp3) is 0.167. The molecule has 0 saturated carbocycles. The topological polar surface area (TPSA) is 214 Å². The molecule has 1 amide bonds. The van der Waals surface area contributed by atoms with Crippen LogP contribution in [0.1, 0.15) is 23.0 Å². The third kappa shape index (κ3) is 9.45. The number of benzene rings is 3. The molecule has 5 aromatic rings. The average molecular weight is 716 g/mol. The number of fused-ring (bicyclic) bond motifs is 1. The van der Waals surface area contributed by atoms with Crippen molar-refractivity contribution in [3.63, 3.8) is 0 Å². The van der Waals surface area contributed by atoms with Crippen LogP contribution >= 0.6 is 0 Å². The van der Waals surface area contributed by atoms with E-state index >= 15 is 4.39 Å². The number of carbonyl (C=O) groups is 4. The summed E-state index contributed by atoms with van der Waals surface area (Å²) in [5.74, 6) is -3.63. The van der Waals surface area contributed by atoms with Crippen LogP contribution in [0.15, 0.2) is 95.9 Å². The van der Waals surface area contributed by atoms with Gasteiger partial charge in [0.15, 0.2) is 11.6 Å². The zero-order valence-corrected chi connectivity index (χ0v) is 28.1. The lowest BCUT2D eigenvalue weighted by molar-refractivity contribution is -0.147. The van der Waals surface area contributed by atoms with Gasteiger partial charge in [-0.15, -0.1) is 0 Å². The van der Waals surface area contributed by atoms with Crippen LogP contribution in [0.2, 0.25) is 0 Å². The number of esters is 1. The number of nitrogens with zero attached hydrogens (tertiary/aromatic N) is 3. The molecule has 16 heteroatoms. The molecular formula is C36H34FN5O10. The van der Waals surface area contributed by atoms with Gasteiger partial charge in [0.1, 0.15) is 23.2 Å². The van der Waals surface area contributed by atoms with Crippen LogP contribution < -0.4 is 26.1 Å². The van der Waals surface area contributed by atoms with Crippen LogP contribution in [0.3, 0.4) is 0 Å². The number of pyridine rings is 1. The number of carboxylic acids is 2. The highest BCUT2D eigenvalue weighted by Gasteiger charge is 2.26. The van der Waals surface area contributed by atoms with Crippen molar-refractivity contribution in [1.29, 1.82) is 0 Å². The molecule has 0 bridgehead atoms. The lowest BCUT2D eigenvalue weighted by atomic mass is 10.2. The minimum atomic E-state index is -1.26. The predicted octanol–water partition coefficient (Wildman–Crippen LogP) is 4.29. The van der Waals surface area contributed by atoms with E-state index < -0.39 is 41.3 Å². The van der Waals surface area contributed by atoms with E-state index in [1.54, 1.807) is 86.4 Å². The highest BCUT2D eigenvalue weighted by Crippen LogP contribution is 2.33. The number of aromatic nitrogens is 3. The maximum absolute atomic E-state index is 15.2. The number of carbonyl (C=O) groups excluding carboxylic acids is 2. The minimum absolute atomic E-state index is 0.0684. The Morgan fingerprint density at radius 2 is 1.67 bits per heavy atom. The number of methoxy groups -OCH3 is 1. The summed E-state index contributed by atoms with van der Waals surface area (Å²) in [7, 11) is 1.55. The van der Waals surface area contributed by atoms with Crippen molar-refractivity contribution >= 4 is 40.4 Å². The van der Waals surface area contributed by atoms with Gasteiger partial charge in [0.05, 0.1) is 37.1 Å².